The number of amides is 1. The van der Waals surface area contributed by atoms with Crippen LogP contribution < -0.4 is 11.5 Å². The molecule has 0 heterocycles. The molecule has 0 spiro atoms. The molecule has 84 valence electrons. The summed E-state index contributed by atoms with van der Waals surface area (Å²) in [5.74, 6) is -1.55. The van der Waals surface area contributed by atoms with Crippen LogP contribution in [0.5, 0.6) is 0 Å². The number of nitrogen functional groups attached to an aromatic ring is 1. The van der Waals surface area contributed by atoms with Crippen molar-refractivity contribution in [3.8, 4) is 0 Å². The smallest absolute Gasteiger partial charge is 0.336 e. The molecule has 0 saturated heterocycles. The van der Waals surface area contributed by atoms with Gasteiger partial charge in [-0.1, -0.05) is 18.2 Å². The molecule has 0 atom stereocenters. The highest BCUT2D eigenvalue weighted by Gasteiger charge is 2.09. The second-order valence-electron chi connectivity index (χ2n) is 3.19. The topological polar surface area (TPSA) is 106 Å². The van der Waals surface area contributed by atoms with E-state index in [1.54, 1.807) is 12.1 Å². The van der Waals surface area contributed by atoms with E-state index in [-0.39, 0.29) is 12.0 Å². The minimum Gasteiger partial charge on any atom is -0.478 e. The highest BCUT2D eigenvalue weighted by molar-refractivity contribution is 5.94. The Morgan fingerprint density at radius 1 is 1.38 bits per heavy atom. The Kier molecular flexibility index (Phi) is 3.66. The number of hydrogen-bond acceptors (Lipinski definition) is 3. The van der Waals surface area contributed by atoms with E-state index in [4.69, 9.17) is 16.6 Å². The van der Waals surface area contributed by atoms with E-state index in [9.17, 15) is 9.59 Å². The summed E-state index contributed by atoms with van der Waals surface area (Å²) in [6.45, 7) is 0. The van der Waals surface area contributed by atoms with Gasteiger partial charge >= 0.3 is 5.97 Å². The van der Waals surface area contributed by atoms with Crippen LogP contribution in [-0.2, 0) is 4.79 Å². The van der Waals surface area contributed by atoms with Crippen molar-refractivity contribution in [2.75, 3.05) is 5.73 Å². The van der Waals surface area contributed by atoms with Crippen molar-refractivity contribution in [1.29, 1.82) is 0 Å². The molecule has 0 aliphatic rings. The predicted octanol–water partition coefficient (Wildman–Crippen LogP) is 0.856. The Morgan fingerprint density at radius 2 is 2.06 bits per heavy atom. The molecule has 0 aliphatic heterocycles. The zero-order valence-corrected chi connectivity index (χ0v) is 8.51. The number of carbonyl (C=O) groups is 2. The quantitative estimate of drug-likeness (QED) is 0.654. The Morgan fingerprint density at radius 3 is 2.62 bits per heavy atom. The first-order valence-electron chi connectivity index (χ1n) is 4.59. The molecular weight excluding hydrogens is 208 g/mol. The molecule has 1 aromatic rings. The molecule has 0 unspecified atom stereocenters. The average Bonchev–Trinajstić information content (AvgIpc) is 2.19. The molecule has 0 saturated carbocycles. The summed E-state index contributed by atoms with van der Waals surface area (Å²) in [4.78, 5) is 21.4. The first-order valence-corrected chi connectivity index (χ1v) is 4.59. The first-order chi connectivity index (χ1) is 7.52. The maximum absolute atomic E-state index is 10.9. The highest BCUT2D eigenvalue weighted by atomic mass is 16.4. The summed E-state index contributed by atoms with van der Waals surface area (Å²) < 4.78 is 0. The molecule has 0 bridgehead atoms. The van der Waals surface area contributed by atoms with Gasteiger partial charge in [0, 0.05) is 17.7 Å². The molecule has 1 amide bonds. The van der Waals surface area contributed by atoms with Gasteiger partial charge in [0.15, 0.2) is 0 Å². The van der Waals surface area contributed by atoms with Gasteiger partial charge in [-0.15, -0.1) is 0 Å². The van der Waals surface area contributed by atoms with Gasteiger partial charge < -0.3 is 16.6 Å². The van der Waals surface area contributed by atoms with Gasteiger partial charge in [-0.05, 0) is 12.1 Å². The average molecular weight is 220 g/mol. The largest absolute Gasteiger partial charge is 0.478 e. The summed E-state index contributed by atoms with van der Waals surface area (Å²) in [6, 6.07) is 4.60. The number of nitrogens with two attached hydrogens (primary N) is 2. The number of primary amides is 1. The lowest BCUT2D eigenvalue weighted by Crippen LogP contribution is -2.08. The summed E-state index contributed by atoms with van der Waals surface area (Å²) in [7, 11) is 0. The van der Waals surface area contributed by atoms with E-state index < -0.39 is 11.9 Å². The molecule has 0 fully saturated rings. The summed E-state index contributed by atoms with van der Waals surface area (Å²) in [5.41, 5.74) is 11.4. The summed E-state index contributed by atoms with van der Waals surface area (Å²) >= 11 is 0. The van der Waals surface area contributed by atoms with E-state index in [1.807, 2.05) is 0 Å². The normalized spacial score (nSPS) is 10.5. The van der Waals surface area contributed by atoms with Crippen molar-refractivity contribution in [1.82, 2.24) is 0 Å². The maximum atomic E-state index is 10.9. The minimum absolute atomic E-state index is 0.0490. The molecule has 16 heavy (non-hydrogen) atoms. The monoisotopic (exact) mass is 220 g/mol. The van der Waals surface area contributed by atoms with Crippen molar-refractivity contribution in [2.24, 2.45) is 5.73 Å². The van der Waals surface area contributed by atoms with E-state index >= 15 is 0 Å². The molecular formula is C11H12N2O3. The second-order valence-corrected chi connectivity index (χ2v) is 3.19. The maximum Gasteiger partial charge on any atom is 0.336 e. The van der Waals surface area contributed by atoms with Gasteiger partial charge in [-0.3, -0.25) is 4.79 Å². The van der Waals surface area contributed by atoms with Crippen LogP contribution in [0.4, 0.5) is 5.69 Å². The predicted molar refractivity (Wildman–Crippen MR) is 60.7 cm³/mol. The molecule has 1 aromatic carbocycles. The second kappa shape index (κ2) is 4.97. The van der Waals surface area contributed by atoms with E-state index in [1.165, 1.54) is 18.2 Å². The van der Waals surface area contributed by atoms with Crippen molar-refractivity contribution < 1.29 is 14.7 Å². The Labute approximate surface area is 92.4 Å². The van der Waals surface area contributed by atoms with Crippen LogP contribution in [-0.4, -0.2) is 17.0 Å². The lowest BCUT2D eigenvalue weighted by Gasteiger charge is -2.04. The fourth-order valence-electron chi connectivity index (χ4n) is 1.25. The number of aromatic carboxylic acids is 1. The van der Waals surface area contributed by atoms with E-state index in [0.29, 0.717) is 11.3 Å². The lowest BCUT2D eigenvalue weighted by molar-refractivity contribution is -0.117. The van der Waals surface area contributed by atoms with E-state index in [0.717, 1.165) is 0 Å². The third-order valence-corrected chi connectivity index (χ3v) is 1.97. The third-order valence-electron chi connectivity index (χ3n) is 1.97. The molecule has 5 heteroatoms. The zero-order chi connectivity index (χ0) is 12.1. The third kappa shape index (κ3) is 2.84. The highest BCUT2D eigenvalue weighted by Crippen LogP contribution is 2.19. The molecule has 0 radical (unpaired) electrons. The van der Waals surface area contributed by atoms with Gasteiger partial charge in [0.2, 0.25) is 5.91 Å². The van der Waals surface area contributed by atoms with Crippen LogP contribution in [0.1, 0.15) is 22.3 Å². The van der Waals surface area contributed by atoms with Gasteiger partial charge in [0.05, 0.1) is 5.56 Å². The molecule has 5 N–H and O–H groups in total. The number of carbonyl (C=O) groups excluding carboxylic acids is 1. The molecule has 0 aromatic heterocycles. The van der Waals surface area contributed by atoms with Crippen molar-refractivity contribution in [2.45, 2.75) is 6.42 Å². The van der Waals surface area contributed by atoms with Crippen LogP contribution in [0.15, 0.2) is 24.3 Å². The first kappa shape index (κ1) is 11.8. The number of carboxylic acid groups (broad SMARTS) is 1. The number of carboxylic acids is 1. The van der Waals surface area contributed by atoms with Crippen molar-refractivity contribution >= 4 is 23.6 Å². The fourth-order valence-corrected chi connectivity index (χ4v) is 1.25. The fraction of sp³-hybridized carbons (Fsp3) is 0.0909. The van der Waals surface area contributed by atoms with Gasteiger partial charge in [0.25, 0.3) is 0 Å². The SMILES string of the molecule is NC(=O)CC=Cc1c(N)cccc1C(=O)O. The van der Waals surface area contributed by atoms with Gasteiger partial charge in [-0.2, -0.15) is 0 Å². The number of benzene rings is 1. The zero-order valence-electron chi connectivity index (χ0n) is 8.51. The summed E-state index contributed by atoms with van der Waals surface area (Å²) in [6.07, 6.45) is 3.03. The molecule has 5 nitrogen and oxygen atoms in total. The molecule has 0 aliphatic carbocycles. The van der Waals surface area contributed by atoms with Crippen molar-refractivity contribution in [3.63, 3.8) is 0 Å². The van der Waals surface area contributed by atoms with E-state index in [2.05, 4.69) is 0 Å². The minimum atomic E-state index is -1.06. The van der Waals surface area contributed by atoms with Crippen molar-refractivity contribution in [3.05, 3.63) is 35.4 Å². The van der Waals surface area contributed by atoms with Gasteiger partial charge in [0.1, 0.15) is 0 Å². The van der Waals surface area contributed by atoms with Crippen LogP contribution in [0, 0.1) is 0 Å². The lowest BCUT2D eigenvalue weighted by atomic mass is 10.0. The summed E-state index contributed by atoms with van der Waals surface area (Å²) in [5, 5.41) is 8.92. The van der Waals surface area contributed by atoms with Crippen LogP contribution in [0.2, 0.25) is 0 Å². The number of rotatable bonds is 4. The van der Waals surface area contributed by atoms with Crippen LogP contribution in [0.3, 0.4) is 0 Å². The Hall–Kier alpha value is -2.30. The Bertz CT molecular complexity index is 453. The van der Waals surface area contributed by atoms with Crippen LogP contribution in [0.25, 0.3) is 6.08 Å². The number of anilines is 1. The Balaban J connectivity index is 3.06. The standard InChI is InChI=1S/C11H12N2O3/c12-9-5-1-4-8(11(15)16)7(9)3-2-6-10(13)14/h1-5H,6,12H2,(H2,13,14)(H,15,16). The molecule has 1 rings (SSSR count). The number of hydrogen-bond donors (Lipinski definition) is 3. The van der Waals surface area contributed by atoms with Crippen LogP contribution >= 0.6 is 0 Å². The van der Waals surface area contributed by atoms with Gasteiger partial charge in [-0.25, -0.2) is 4.79 Å².